The van der Waals surface area contributed by atoms with Crippen LogP contribution in [-0.2, 0) is 7.05 Å². The molecule has 1 aliphatic carbocycles. The first kappa shape index (κ1) is 11.6. The average Bonchev–Trinajstić information content (AvgIpc) is 2.86. The first-order valence-electron chi connectivity index (χ1n) is 6.30. The average molecular weight is 222 g/mol. The van der Waals surface area contributed by atoms with E-state index < -0.39 is 0 Å². The van der Waals surface area contributed by atoms with Gasteiger partial charge in [0.05, 0.1) is 6.04 Å². The Morgan fingerprint density at radius 2 is 2.38 bits per heavy atom. The predicted molar refractivity (Wildman–Crippen MR) is 64.0 cm³/mol. The van der Waals surface area contributed by atoms with E-state index >= 15 is 0 Å². The molecule has 4 heteroatoms. The Bertz CT molecular complexity index is 334. The van der Waals surface area contributed by atoms with Gasteiger partial charge in [-0.15, -0.1) is 10.2 Å². The molecule has 16 heavy (non-hydrogen) atoms. The lowest BCUT2D eigenvalue weighted by molar-refractivity contribution is 0.421. The van der Waals surface area contributed by atoms with Gasteiger partial charge in [0.2, 0.25) is 0 Å². The third kappa shape index (κ3) is 2.43. The van der Waals surface area contributed by atoms with Crippen LogP contribution in [-0.4, -0.2) is 20.8 Å². The highest BCUT2D eigenvalue weighted by Gasteiger charge is 2.25. The summed E-state index contributed by atoms with van der Waals surface area (Å²) in [4.78, 5) is 0. The van der Waals surface area contributed by atoms with Crippen LogP contribution in [0.1, 0.15) is 51.4 Å². The number of rotatable bonds is 4. The number of aromatic nitrogens is 3. The molecular weight excluding hydrogens is 200 g/mol. The Morgan fingerprint density at radius 1 is 1.56 bits per heavy atom. The molecule has 0 radical (unpaired) electrons. The number of hydrogen-bond acceptors (Lipinski definition) is 3. The number of nitrogens with one attached hydrogen (secondary N) is 1. The maximum Gasteiger partial charge on any atom is 0.149 e. The van der Waals surface area contributed by atoms with Gasteiger partial charge in [-0.3, -0.25) is 0 Å². The van der Waals surface area contributed by atoms with Crippen LogP contribution in [0.25, 0.3) is 0 Å². The molecule has 3 atom stereocenters. The fourth-order valence-electron chi connectivity index (χ4n) is 2.71. The van der Waals surface area contributed by atoms with Gasteiger partial charge in [-0.2, -0.15) is 0 Å². The molecule has 1 N–H and O–H groups in total. The van der Waals surface area contributed by atoms with Crippen molar-refractivity contribution < 1.29 is 0 Å². The SMILES string of the molecule is CCC1CCC(NC(C)c2nncn2C)C1. The van der Waals surface area contributed by atoms with Crippen LogP contribution >= 0.6 is 0 Å². The molecule has 1 fully saturated rings. The van der Waals surface area contributed by atoms with Gasteiger partial charge in [0, 0.05) is 13.1 Å². The van der Waals surface area contributed by atoms with Crippen molar-refractivity contribution in [1.29, 1.82) is 0 Å². The largest absolute Gasteiger partial charge is 0.319 e. The second kappa shape index (κ2) is 4.95. The number of nitrogens with zero attached hydrogens (tertiary/aromatic N) is 3. The normalized spacial score (nSPS) is 27.2. The monoisotopic (exact) mass is 222 g/mol. The summed E-state index contributed by atoms with van der Waals surface area (Å²) >= 11 is 0. The molecule has 1 aromatic rings. The minimum absolute atomic E-state index is 0.299. The van der Waals surface area contributed by atoms with Crippen LogP contribution in [0.15, 0.2) is 6.33 Å². The van der Waals surface area contributed by atoms with Crippen LogP contribution in [0, 0.1) is 5.92 Å². The minimum atomic E-state index is 0.299. The van der Waals surface area contributed by atoms with E-state index in [1.807, 2.05) is 11.6 Å². The van der Waals surface area contributed by atoms with Gasteiger partial charge >= 0.3 is 0 Å². The van der Waals surface area contributed by atoms with Crippen molar-refractivity contribution in [1.82, 2.24) is 20.1 Å². The molecule has 1 saturated carbocycles. The maximum atomic E-state index is 4.15. The lowest BCUT2D eigenvalue weighted by Crippen LogP contribution is -2.30. The molecule has 90 valence electrons. The van der Waals surface area contributed by atoms with E-state index in [1.54, 1.807) is 6.33 Å². The van der Waals surface area contributed by atoms with Gasteiger partial charge in [0.15, 0.2) is 0 Å². The van der Waals surface area contributed by atoms with Gasteiger partial charge < -0.3 is 9.88 Å². The Labute approximate surface area is 97.5 Å². The highest BCUT2D eigenvalue weighted by Crippen LogP contribution is 2.29. The van der Waals surface area contributed by atoms with Crippen molar-refractivity contribution >= 4 is 0 Å². The minimum Gasteiger partial charge on any atom is -0.319 e. The first-order chi connectivity index (χ1) is 7.70. The van der Waals surface area contributed by atoms with E-state index in [-0.39, 0.29) is 0 Å². The standard InChI is InChI=1S/C12H22N4/c1-4-10-5-6-11(7-10)14-9(2)12-15-13-8-16(12)3/h8-11,14H,4-7H2,1-3H3. The third-order valence-corrected chi connectivity index (χ3v) is 3.74. The highest BCUT2D eigenvalue weighted by atomic mass is 15.3. The summed E-state index contributed by atoms with van der Waals surface area (Å²) < 4.78 is 1.99. The zero-order valence-corrected chi connectivity index (χ0v) is 10.5. The molecule has 1 heterocycles. The van der Waals surface area contributed by atoms with Gasteiger partial charge in [-0.05, 0) is 32.1 Å². The summed E-state index contributed by atoms with van der Waals surface area (Å²) in [7, 11) is 2.00. The number of hydrogen-bond donors (Lipinski definition) is 1. The van der Waals surface area contributed by atoms with Crippen LogP contribution in [0.3, 0.4) is 0 Å². The van der Waals surface area contributed by atoms with Crippen LogP contribution in [0.2, 0.25) is 0 Å². The summed E-state index contributed by atoms with van der Waals surface area (Å²) in [6.45, 7) is 4.46. The van der Waals surface area contributed by atoms with E-state index in [0.717, 1.165) is 11.7 Å². The molecule has 2 rings (SSSR count). The molecule has 0 aliphatic heterocycles. The first-order valence-corrected chi connectivity index (χ1v) is 6.30. The zero-order chi connectivity index (χ0) is 11.5. The second-order valence-corrected chi connectivity index (χ2v) is 4.97. The van der Waals surface area contributed by atoms with E-state index in [1.165, 1.54) is 25.7 Å². The molecule has 0 saturated heterocycles. The van der Waals surface area contributed by atoms with Crippen molar-refractivity contribution in [2.45, 2.75) is 51.6 Å². The molecule has 1 aromatic heterocycles. The van der Waals surface area contributed by atoms with Gasteiger partial charge in [-0.25, -0.2) is 0 Å². The molecule has 3 unspecified atom stereocenters. The lowest BCUT2D eigenvalue weighted by Gasteiger charge is -2.18. The van der Waals surface area contributed by atoms with E-state index in [4.69, 9.17) is 0 Å². The van der Waals surface area contributed by atoms with Crippen molar-refractivity contribution in [2.75, 3.05) is 0 Å². The van der Waals surface area contributed by atoms with Crippen LogP contribution < -0.4 is 5.32 Å². The summed E-state index contributed by atoms with van der Waals surface area (Å²) in [5.41, 5.74) is 0. The topological polar surface area (TPSA) is 42.7 Å². The highest BCUT2D eigenvalue weighted by molar-refractivity contribution is 4.94. The summed E-state index contributed by atoms with van der Waals surface area (Å²) in [6.07, 6.45) is 7.08. The lowest BCUT2D eigenvalue weighted by atomic mass is 10.1. The quantitative estimate of drug-likeness (QED) is 0.847. The Morgan fingerprint density at radius 3 is 2.94 bits per heavy atom. The Hall–Kier alpha value is -0.900. The smallest absolute Gasteiger partial charge is 0.149 e. The molecule has 0 aromatic carbocycles. The molecule has 4 nitrogen and oxygen atoms in total. The Balaban J connectivity index is 1.89. The van der Waals surface area contributed by atoms with Gasteiger partial charge in [0.1, 0.15) is 12.2 Å². The van der Waals surface area contributed by atoms with Gasteiger partial charge in [0.25, 0.3) is 0 Å². The Kier molecular flexibility index (Phi) is 3.59. The fraction of sp³-hybridized carbons (Fsp3) is 0.833. The van der Waals surface area contributed by atoms with Crippen molar-refractivity contribution in [3.05, 3.63) is 12.2 Å². The van der Waals surface area contributed by atoms with Crippen molar-refractivity contribution in [3.63, 3.8) is 0 Å². The molecular formula is C12H22N4. The molecule has 0 bridgehead atoms. The maximum absolute atomic E-state index is 4.15. The summed E-state index contributed by atoms with van der Waals surface area (Å²) in [5.74, 6) is 1.95. The third-order valence-electron chi connectivity index (χ3n) is 3.74. The van der Waals surface area contributed by atoms with Crippen LogP contribution in [0.5, 0.6) is 0 Å². The summed E-state index contributed by atoms with van der Waals surface area (Å²) in [5, 5.41) is 11.7. The van der Waals surface area contributed by atoms with E-state index in [2.05, 4.69) is 29.4 Å². The predicted octanol–water partition coefficient (Wildman–Crippen LogP) is 2.04. The van der Waals surface area contributed by atoms with Crippen LogP contribution in [0.4, 0.5) is 0 Å². The number of aryl methyl sites for hydroxylation is 1. The summed E-state index contributed by atoms with van der Waals surface area (Å²) in [6, 6.07) is 0.963. The van der Waals surface area contributed by atoms with Crippen molar-refractivity contribution in [3.8, 4) is 0 Å². The zero-order valence-electron chi connectivity index (χ0n) is 10.5. The molecule has 0 spiro atoms. The molecule has 1 aliphatic rings. The second-order valence-electron chi connectivity index (χ2n) is 4.97. The van der Waals surface area contributed by atoms with Crippen molar-refractivity contribution in [2.24, 2.45) is 13.0 Å². The fourth-order valence-corrected chi connectivity index (χ4v) is 2.71. The molecule has 0 amide bonds. The van der Waals surface area contributed by atoms with E-state index in [9.17, 15) is 0 Å². The van der Waals surface area contributed by atoms with Gasteiger partial charge in [-0.1, -0.05) is 13.3 Å². The van der Waals surface area contributed by atoms with E-state index in [0.29, 0.717) is 12.1 Å².